The van der Waals surface area contributed by atoms with E-state index in [4.69, 9.17) is 10.5 Å². The average molecular weight is 339 g/mol. The summed E-state index contributed by atoms with van der Waals surface area (Å²) in [5.74, 6) is 1.25. The fraction of sp³-hybridized carbons (Fsp3) is 0.400. The van der Waals surface area contributed by atoms with Crippen LogP contribution in [-0.2, 0) is 7.05 Å². The van der Waals surface area contributed by atoms with E-state index < -0.39 is 0 Å². The van der Waals surface area contributed by atoms with Gasteiger partial charge in [-0.3, -0.25) is 9.78 Å². The number of aryl methyl sites for hydroxylation is 2. The van der Waals surface area contributed by atoms with Crippen LogP contribution in [0.5, 0.6) is 5.75 Å². The molecule has 1 atom stereocenters. The van der Waals surface area contributed by atoms with Crippen molar-refractivity contribution >= 4 is 21.7 Å². The molecule has 3 rings (SSSR count). The fourth-order valence-electron chi connectivity index (χ4n) is 3.28. The van der Waals surface area contributed by atoms with Crippen LogP contribution in [0.15, 0.2) is 35.4 Å². The largest absolute Gasteiger partial charge is 0.492 e. The first kappa shape index (κ1) is 17.4. The summed E-state index contributed by atoms with van der Waals surface area (Å²) in [6.45, 7) is 6.73. The second-order valence-electron chi connectivity index (χ2n) is 7.12. The lowest BCUT2D eigenvalue weighted by Crippen LogP contribution is -2.29. The SMILES string of the molecule is Cc1cc2c(cc1OCC(N)CC(C)C)c(=O)n(C)c1cnccc21. The van der Waals surface area contributed by atoms with Gasteiger partial charge in [-0.05, 0) is 48.4 Å². The first-order valence-electron chi connectivity index (χ1n) is 8.64. The lowest BCUT2D eigenvalue weighted by atomic mass is 10.0. The van der Waals surface area contributed by atoms with Crippen LogP contribution in [0.2, 0.25) is 0 Å². The molecule has 1 aromatic carbocycles. The molecule has 5 nitrogen and oxygen atoms in total. The van der Waals surface area contributed by atoms with Gasteiger partial charge in [0.05, 0.1) is 17.1 Å². The van der Waals surface area contributed by atoms with E-state index in [2.05, 4.69) is 18.8 Å². The highest BCUT2D eigenvalue weighted by Gasteiger charge is 2.13. The van der Waals surface area contributed by atoms with Gasteiger partial charge in [-0.15, -0.1) is 0 Å². The van der Waals surface area contributed by atoms with Crippen molar-refractivity contribution in [2.45, 2.75) is 33.2 Å². The number of benzene rings is 1. The highest BCUT2D eigenvalue weighted by Crippen LogP contribution is 2.28. The molecule has 0 amide bonds. The van der Waals surface area contributed by atoms with Crippen molar-refractivity contribution < 1.29 is 4.74 Å². The smallest absolute Gasteiger partial charge is 0.258 e. The lowest BCUT2D eigenvalue weighted by Gasteiger charge is -2.17. The third kappa shape index (κ3) is 3.37. The Morgan fingerprint density at radius 1 is 1.24 bits per heavy atom. The summed E-state index contributed by atoms with van der Waals surface area (Å²) in [7, 11) is 1.77. The van der Waals surface area contributed by atoms with Crippen molar-refractivity contribution in [3.05, 3.63) is 46.5 Å². The molecule has 0 saturated carbocycles. The van der Waals surface area contributed by atoms with Gasteiger partial charge >= 0.3 is 0 Å². The molecule has 2 heterocycles. The van der Waals surface area contributed by atoms with Gasteiger partial charge in [-0.2, -0.15) is 0 Å². The van der Waals surface area contributed by atoms with Crippen LogP contribution in [0.3, 0.4) is 0 Å². The van der Waals surface area contributed by atoms with Crippen molar-refractivity contribution in [2.75, 3.05) is 6.61 Å². The van der Waals surface area contributed by atoms with Crippen LogP contribution < -0.4 is 16.0 Å². The zero-order chi connectivity index (χ0) is 18.1. The molecule has 2 aromatic heterocycles. The van der Waals surface area contributed by atoms with Crippen LogP contribution in [0.1, 0.15) is 25.8 Å². The molecule has 0 spiro atoms. The van der Waals surface area contributed by atoms with Gasteiger partial charge in [0, 0.05) is 24.7 Å². The average Bonchev–Trinajstić information content (AvgIpc) is 2.57. The summed E-state index contributed by atoms with van der Waals surface area (Å²) < 4.78 is 7.56. The Labute approximate surface area is 147 Å². The maximum absolute atomic E-state index is 12.7. The van der Waals surface area contributed by atoms with E-state index in [1.165, 1.54) is 0 Å². The van der Waals surface area contributed by atoms with E-state index in [0.717, 1.165) is 34.0 Å². The molecule has 0 aliphatic carbocycles. The van der Waals surface area contributed by atoms with Gasteiger partial charge in [0.25, 0.3) is 5.56 Å². The second-order valence-corrected chi connectivity index (χ2v) is 7.12. The quantitative estimate of drug-likeness (QED) is 0.725. The van der Waals surface area contributed by atoms with Gasteiger partial charge in [0.1, 0.15) is 12.4 Å². The molecular formula is C20H25N3O2. The summed E-state index contributed by atoms with van der Waals surface area (Å²) in [6, 6.07) is 5.79. The third-order valence-electron chi connectivity index (χ3n) is 4.53. The summed E-state index contributed by atoms with van der Waals surface area (Å²) >= 11 is 0. The minimum atomic E-state index is -0.0492. The normalized spacial score (nSPS) is 12.9. The molecule has 0 bridgehead atoms. The maximum Gasteiger partial charge on any atom is 0.258 e. The van der Waals surface area contributed by atoms with E-state index in [0.29, 0.717) is 17.9 Å². The van der Waals surface area contributed by atoms with Crippen molar-refractivity contribution in [3.63, 3.8) is 0 Å². The Hall–Kier alpha value is -2.40. The fourth-order valence-corrected chi connectivity index (χ4v) is 3.28. The van der Waals surface area contributed by atoms with Gasteiger partial charge in [0.15, 0.2) is 0 Å². The number of ether oxygens (including phenoxy) is 1. The molecule has 3 aromatic rings. The Kier molecular flexibility index (Phi) is 4.77. The predicted molar refractivity (Wildman–Crippen MR) is 102 cm³/mol. The molecule has 0 fully saturated rings. The lowest BCUT2D eigenvalue weighted by molar-refractivity contribution is 0.270. The third-order valence-corrected chi connectivity index (χ3v) is 4.53. The van der Waals surface area contributed by atoms with E-state index in [-0.39, 0.29) is 11.6 Å². The van der Waals surface area contributed by atoms with Crippen LogP contribution in [0.4, 0.5) is 0 Å². The molecule has 5 heteroatoms. The molecule has 132 valence electrons. The Morgan fingerprint density at radius 3 is 2.72 bits per heavy atom. The van der Waals surface area contributed by atoms with E-state index in [1.54, 1.807) is 24.0 Å². The Balaban J connectivity index is 2.06. The topological polar surface area (TPSA) is 70.1 Å². The van der Waals surface area contributed by atoms with Crippen LogP contribution in [-0.4, -0.2) is 22.2 Å². The van der Waals surface area contributed by atoms with Crippen molar-refractivity contribution in [2.24, 2.45) is 18.7 Å². The molecule has 0 aliphatic rings. The Bertz CT molecular complexity index is 976. The predicted octanol–water partition coefficient (Wildman–Crippen LogP) is 3.15. The second kappa shape index (κ2) is 6.84. The molecule has 0 aliphatic heterocycles. The van der Waals surface area contributed by atoms with Crippen molar-refractivity contribution in [1.82, 2.24) is 9.55 Å². The van der Waals surface area contributed by atoms with Crippen LogP contribution in [0, 0.1) is 12.8 Å². The van der Waals surface area contributed by atoms with Crippen LogP contribution >= 0.6 is 0 Å². The minimum Gasteiger partial charge on any atom is -0.492 e. The molecule has 2 N–H and O–H groups in total. The summed E-state index contributed by atoms with van der Waals surface area (Å²) in [6.07, 6.45) is 4.38. The summed E-state index contributed by atoms with van der Waals surface area (Å²) in [5, 5.41) is 2.59. The number of nitrogens with zero attached hydrogens (tertiary/aromatic N) is 2. The van der Waals surface area contributed by atoms with E-state index in [1.807, 2.05) is 25.1 Å². The zero-order valence-corrected chi connectivity index (χ0v) is 15.2. The van der Waals surface area contributed by atoms with Gasteiger partial charge in [0.2, 0.25) is 0 Å². The molecular weight excluding hydrogens is 314 g/mol. The summed E-state index contributed by atoms with van der Waals surface area (Å²) in [4.78, 5) is 16.9. The summed E-state index contributed by atoms with van der Waals surface area (Å²) in [5.41, 5.74) is 7.89. The molecule has 1 unspecified atom stereocenters. The van der Waals surface area contributed by atoms with Gasteiger partial charge in [-0.1, -0.05) is 13.8 Å². The van der Waals surface area contributed by atoms with E-state index >= 15 is 0 Å². The first-order chi connectivity index (χ1) is 11.9. The monoisotopic (exact) mass is 339 g/mol. The number of hydrogen-bond donors (Lipinski definition) is 1. The molecule has 25 heavy (non-hydrogen) atoms. The zero-order valence-electron chi connectivity index (χ0n) is 15.2. The van der Waals surface area contributed by atoms with Gasteiger partial charge < -0.3 is 15.0 Å². The number of fused-ring (bicyclic) bond motifs is 3. The molecule has 0 radical (unpaired) electrons. The number of nitrogens with two attached hydrogens (primary N) is 1. The number of rotatable bonds is 5. The maximum atomic E-state index is 12.7. The number of hydrogen-bond acceptors (Lipinski definition) is 4. The van der Waals surface area contributed by atoms with Gasteiger partial charge in [-0.25, -0.2) is 0 Å². The highest BCUT2D eigenvalue weighted by molar-refractivity contribution is 6.06. The van der Waals surface area contributed by atoms with Crippen molar-refractivity contribution in [3.8, 4) is 5.75 Å². The standard InChI is InChI=1S/C20H25N3O2/c1-12(2)7-14(21)11-25-19-9-17-16(8-13(19)3)15-5-6-22-10-18(15)23(4)20(17)24/h5-6,8-10,12,14H,7,11,21H2,1-4H3. The first-order valence-corrected chi connectivity index (χ1v) is 8.64. The van der Waals surface area contributed by atoms with Crippen molar-refractivity contribution in [1.29, 1.82) is 0 Å². The van der Waals surface area contributed by atoms with E-state index in [9.17, 15) is 4.79 Å². The number of aromatic nitrogens is 2. The Morgan fingerprint density at radius 2 is 2.00 bits per heavy atom. The highest BCUT2D eigenvalue weighted by atomic mass is 16.5. The number of pyridine rings is 2. The van der Waals surface area contributed by atoms with Crippen LogP contribution in [0.25, 0.3) is 21.7 Å². The minimum absolute atomic E-state index is 0.0133. The molecule has 0 saturated heterocycles.